The van der Waals surface area contributed by atoms with Crippen molar-refractivity contribution in [1.82, 2.24) is 14.9 Å². The Labute approximate surface area is 108 Å². The van der Waals surface area contributed by atoms with Gasteiger partial charge in [0.25, 0.3) is 5.91 Å². The summed E-state index contributed by atoms with van der Waals surface area (Å²) < 4.78 is 11.2. The Bertz CT molecular complexity index is 439. The zero-order valence-electron chi connectivity index (χ0n) is 10.3. The Hall–Kier alpha value is -1.50. The number of hydrogen-bond donors (Lipinski definition) is 1. The zero-order chi connectivity index (χ0) is 13.0. The van der Waals surface area contributed by atoms with Crippen LogP contribution in [0.5, 0.6) is 0 Å². The van der Waals surface area contributed by atoms with Crippen molar-refractivity contribution in [3.8, 4) is 0 Å². The summed E-state index contributed by atoms with van der Waals surface area (Å²) in [6.45, 7) is 3.79. The van der Waals surface area contributed by atoms with E-state index in [1.54, 1.807) is 11.1 Å². The van der Waals surface area contributed by atoms with E-state index >= 15 is 0 Å². The first-order valence-corrected chi connectivity index (χ1v) is 7.39. The molecular formula is C11H16N4O2S. The van der Waals surface area contributed by atoms with Gasteiger partial charge in [-0.1, -0.05) is 0 Å². The van der Waals surface area contributed by atoms with Gasteiger partial charge in [0, 0.05) is 41.9 Å². The third-order valence-electron chi connectivity index (χ3n) is 2.69. The maximum Gasteiger partial charge on any atom is 0.274 e. The fourth-order valence-electron chi connectivity index (χ4n) is 1.71. The topological polar surface area (TPSA) is 75.2 Å². The van der Waals surface area contributed by atoms with Gasteiger partial charge in [-0.15, -0.1) is 0 Å². The van der Waals surface area contributed by atoms with E-state index in [1.807, 2.05) is 6.92 Å². The Morgan fingerprint density at radius 2 is 2.11 bits per heavy atom. The van der Waals surface area contributed by atoms with Crippen LogP contribution in [0.4, 0.5) is 5.82 Å². The van der Waals surface area contributed by atoms with E-state index in [1.165, 1.54) is 6.20 Å². The van der Waals surface area contributed by atoms with Gasteiger partial charge < -0.3 is 10.2 Å². The Balaban J connectivity index is 2.02. The lowest BCUT2D eigenvalue weighted by Gasteiger charge is -2.25. The van der Waals surface area contributed by atoms with Gasteiger partial charge in [-0.25, -0.2) is 9.97 Å². The summed E-state index contributed by atoms with van der Waals surface area (Å²) in [5.41, 5.74) is 0.337. The van der Waals surface area contributed by atoms with E-state index in [-0.39, 0.29) is 5.91 Å². The maximum atomic E-state index is 12.1. The number of amides is 1. The van der Waals surface area contributed by atoms with Crippen molar-refractivity contribution in [3.63, 3.8) is 0 Å². The standard InChI is InChI=1S/C11H16N4O2S/c1-2-12-10-8-13-9(7-14-10)11(16)15-3-5-18(17)6-4-15/h7-8H,2-6H2,1H3,(H,12,14). The van der Waals surface area contributed by atoms with Gasteiger partial charge in [-0.2, -0.15) is 0 Å². The second-order valence-corrected chi connectivity index (χ2v) is 5.65. The molecule has 7 heteroatoms. The summed E-state index contributed by atoms with van der Waals surface area (Å²) in [4.78, 5) is 22.0. The number of nitrogens with one attached hydrogen (secondary N) is 1. The van der Waals surface area contributed by atoms with Crippen molar-refractivity contribution in [2.24, 2.45) is 0 Å². The summed E-state index contributed by atoms with van der Waals surface area (Å²) in [6.07, 6.45) is 3.03. The highest BCUT2D eigenvalue weighted by molar-refractivity contribution is 7.85. The number of aromatic nitrogens is 2. The molecule has 2 heterocycles. The lowest BCUT2D eigenvalue weighted by Crippen LogP contribution is -2.42. The predicted octanol–water partition coefficient (Wildman–Crippen LogP) is 0.113. The van der Waals surface area contributed by atoms with Gasteiger partial charge in [0.15, 0.2) is 0 Å². The molecule has 0 saturated carbocycles. The summed E-state index contributed by atoms with van der Waals surface area (Å²) in [6, 6.07) is 0. The summed E-state index contributed by atoms with van der Waals surface area (Å²) in [7, 11) is -0.780. The molecular weight excluding hydrogens is 252 g/mol. The minimum Gasteiger partial charge on any atom is -0.369 e. The van der Waals surface area contributed by atoms with E-state index < -0.39 is 10.8 Å². The molecule has 0 atom stereocenters. The van der Waals surface area contributed by atoms with E-state index in [9.17, 15) is 9.00 Å². The second kappa shape index (κ2) is 5.90. The highest BCUT2D eigenvalue weighted by Gasteiger charge is 2.22. The van der Waals surface area contributed by atoms with Crippen LogP contribution in [0, 0.1) is 0 Å². The predicted molar refractivity (Wildman–Crippen MR) is 70.0 cm³/mol. The van der Waals surface area contributed by atoms with Crippen LogP contribution >= 0.6 is 0 Å². The molecule has 1 aliphatic rings. The van der Waals surface area contributed by atoms with Crippen LogP contribution < -0.4 is 5.32 Å². The number of anilines is 1. The molecule has 0 unspecified atom stereocenters. The van der Waals surface area contributed by atoms with Crippen LogP contribution in [-0.2, 0) is 10.8 Å². The first-order valence-electron chi connectivity index (χ1n) is 5.91. The van der Waals surface area contributed by atoms with Crippen LogP contribution in [0.3, 0.4) is 0 Å². The normalized spacial score (nSPS) is 16.6. The van der Waals surface area contributed by atoms with Gasteiger partial charge in [0.1, 0.15) is 11.5 Å². The fraction of sp³-hybridized carbons (Fsp3) is 0.545. The summed E-state index contributed by atoms with van der Waals surface area (Å²) in [5.74, 6) is 1.62. The molecule has 0 spiro atoms. The number of carbonyl (C=O) groups excluding carboxylic acids is 1. The monoisotopic (exact) mass is 268 g/mol. The minimum absolute atomic E-state index is 0.137. The largest absolute Gasteiger partial charge is 0.369 e. The molecule has 0 aromatic carbocycles. The van der Waals surface area contributed by atoms with Gasteiger partial charge in [0.05, 0.1) is 12.4 Å². The molecule has 98 valence electrons. The maximum absolute atomic E-state index is 12.1. The molecule has 1 saturated heterocycles. The Morgan fingerprint density at radius 3 is 2.67 bits per heavy atom. The van der Waals surface area contributed by atoms with Crippen molar-refractivity contribution in [2.45, 2.75) is 6.92 Å². The minimum atomic E-state index is -0.780. The lowest BCUT2D eigenvalue weighted by molar-refractivity contribution is 0.0765. The van der Waals surface area contributed by atoms with Crippen molar-refractivity contribution in [1.29, 1.82) is 0 Å². The number of hydrogen-bond acceptors (Lipinski definition) is 5. The molecule has 6 nitrogen and oxygen atoms in total. The van der Waals surface area contributed by atoms with Gasteiger partial charge in [0.2, 0.25) is 0 Å². The van der Waals surface area contributed by atoms with Gasteiger partial charge in [-0.3, -0.25) is 9.00 Å². The number of carbonyl (C=O) groups is 1. The SMILES string of the molecule is CCNc1cnc(C(=O)N2CCS(=O)CC2)cn1. The number of rotatable bonds is 3. The van der Waals surface area contributed by atoms with Crippen LogP contribution in [0.2, 0.25) is 0 Å². The van der Waals surface area contributed by atoms with Crippen molar-refractivity contribution < 1.29 is 9.00 Å². The molecule has 1 aromatic heterocycles. The molecule has 1 fully saturated rings. The molecule has 1 aromatic rings. The van der Waals surface area contributed by atoms with Gasteiger partial charge in [-0.05, 0) is 6.92 Å². The van der Waals surface area contributed by atoms with Gasteiger partial charge >= 0.3 is 0 Å². The average Bonchev–Trinajstić information content (AvgIpc) is 2.40. The average molecular weight is 268 g/mol. The molecule has 0 aliphatic carbocycles. The molecule has 18 heavy (non-hydrogen) atoms. The zero-order valence-corrected chi connectivity index (χ0v) is 11.1. The van der Waals surface area contributed by atoms with Crippen molar-refractivity contribution >= 4 is 22.5 Å². The van der Waals surface area contributed by atoms with Crippen LogP contribution in [0.1, 0.15) is 17.4 Å². The van der Waals surface area contributed by atoms with E-state index in [0.29, 0.717) is 36.1 Å². The Morgan fingerprint density at radius 1 is 1.39 bits per heavy atom. The smallest absolute Gasteiger partial charge is 0.274 e. The lowest BCUT2D eigenvalue weighted by atomic mass is 10.3. The summed E-state index contributed by atoms with van der Waals surface area (Å²) >= 11 is 0. The highest BCUT2D eigenvalue weighted by Crippen LogP contribution is 2.07. The van der Waals surface area contributed by atoms with Crippen LogP contribution in [-0.4, -0.2) is 56.1 Å². The van der Waals surface area contributed by atoms with E-state index in [2.05, 4.69) is 15.3 Å². The quantitative estimate of drug-likeness (QED) is 0.842. The third kappa shape index (κ3) is 3.04. The first-order chi connectivity index (χ1) is 8.70. The molecule has 1 amide bonds. The second-order valence-electron chi connectivity index (χ2n) is 3.96. The molecule has 1 N–H and O–H groups in total. The number of nitrogens with zero attached hydrogens (tertiary/aromatic N) is 3. The highest BCUT2D eigenvalue weighted by atomic mass is 32.2. The third-order valence-corrected chi connectivity index (χ3v) is 3.97. The van der Waals surface area contributed by atoms with Crippen molar-refractivity contribution in [2.75, 3.05) is 36.5 Å². The molecule has 0 bridgehead atoms. The summed E-state index contributed by atoms with van der Waals surface area (Å²) in [5, 5.41) is 3.02. The first kappa shape index (κ1) is 12.9. The molecule has 1 aliphatic heterocycles. The van der Waals surface area contributed by atoms with Crippen molar-refractivity contribution in [3.05, 3.63) is 18.1 Å². The molecule has 2 rings (SSSR count). The van der Waals surface area contributed by atoms with E-state index in [0.717, 1.165) is 6.54 Å². The van der Waals surface area contributed by atoms with Crippen LogP contribution in [0.25, 0.3) is 0 Å². The Kier molecular flexibility index (Phi) is 4.24. The molecule has 0 radical (unpaired) electrons. The van der Waals surface area contributed by atoms with E-state index in [4.69, 9.17) is 0 Å². The van der Waals surface area contributed by atoms with Crippen LogP contribution in [0.15, 0.2) is 12.4 Å². The fourth-order valence-corrected chi connectivity index (χ4v) is 2.77.